The maximum absolute atomic E-state index is 11.4. The molecule has 92 valence electrons. The minimum atomic E-state index is -0.155. The third-order valence-electron chi connectivity index (χ3n) is 3.08. The molecular weight excluding hydrogens is 208 g/mol. The van der Waals surface area contributed by atoms with Gasteiger partial charge in [0.2, 0.25) is 0 Å². The van der Waals surface area contributed by atoms with Crippen LogP contribution in [0, 0.1) is 11.8 Å². The summed E-state index contributed by atoms with van der Waals surface area (Å²) in [5, 5.41) is 0. The number of hydrogen-bond acceptors (Lipinski definition) is 4. The third kappa shape index (κ3) is 3.83. The molecule has 1 rings (SSSR count). The molecule has 2 unspecified atom stereocenters. The molecular formula is C12H20O4. The van der Waals surface area contributed by atoms with Gasteiger partial charge in [-0.1, -0.05) is 6.42 Å². The second-order valence-corrected chi connectivity index (χ2v) is 4.26. The largest absolute Gasteiger partial charge is 0.469 e. The summed E-state index contributed by atoms with van der Waals surface area (Å²) in [6, 6.07) is 0. The summed E-state index contributed by atoms with van der Waals surface area (Å²) in [6.07, 6.45) is 4.06. The molecule has 0 aromatic carbocycles. The molecule has 0 aromatic heterocycles. The van der Waals surface area contributed by atoms with E-state index in [2.05, 4.69) is 0 Å². The zero-order chi connectivity index (χ0) is 12.0. The van der Waals surface area contributed by atoms with Crippen LogP contribution >= 0.6 is 0 Å². The van der Waals surface area contributed by atoms with Crippen LogP contribution in [0.5, 0.6) is 0 Å². The van der Waals surface area contributed by atoms with Gasteiger partial charge in [0.05, 0.1) is 19.6 Å². The van der Waals surface area contributed by atoms with Crippen LogP contribution in [0.4, 0.5) is 0 Å². The smallest absolute Gasteiger partial charge is 0.308 e. The Morgan fingerprint density at radius 3 is 2.69 bits per heavy atom. The van der Waals surface area contributed by atoms with Gasteiger partial charge in [-0.2, -0.15) is 0 Å². The predicted octanol–water partition coefficient (Wildman–Crippen LogP) is 1.92. The van der Waals surface area contributed by atoms with Crippen molar-refractivity contribution in [3.63, 3.8) is 0 Å². The maximum Gasteiger partial charge on any atom is 0.308 e. The van der Waals surface area contributed by atoms with Gasteiger partial charge >= 0.3 is 11.9 Å². The number of methoxy groups -OCH3 is 1. The Bertz CT molecular complexity index is 249. The SMILES string of the molecule is CCOC(=O)CC1CCCC(C(=O)OC)C1. The molecule has 0 radical (unpaired) electrons. The average Bonchev–Trinajstić information content (AvgIpc) is 2.28. The Kier molecular flexibility index (Phi) is 5.29. The van der Waals surface area contributed by atoms with Gasteiger partial charge in [0.1, 0.15) is 0 Å². The summed E-state index contributed by atoms with van der Waals surface area (Å²) in [4.78, 5) is 22.7. The lowest BCUT2D eigenvalue weighted by Crippen LogP contribution is -2.25. The van der Waals surface area contributed by atoms with Crippen molar-refractivity contribution in [3.05, 3.63) is 0 Å². The molecule has 0 aromatic rings. The van der Waals surface area contributed by atoms with Gasteiger partial charge in [0.15, 0.2) is 0 Å². The molecule has 4 heteroatoms. The summed E-state index contributed by atoms with van der Waals surface area (Å²) in [6.45, 7) is 2.22. The van der Waals surface area contributed by atoms with E-state index < -0.39 is 0 Å². The van der Waals surface area contributed by atoms with E-state index >= 15 is 0 Å². The van der Waals surface area contributed by atoms with Crippen molar-refractivity contribution in [3.8, 4) is 0 Å². The minimum absolute atomic E-state index is 0.0295. The van der Waals surface area contributed by atoms with Crippen molar-refractivity contribution in [1.29, 1.82) is 0 Å². The highest BCUT2D eigenvalue weighted by Crippen LogP contribution is 2.31. The molecule has 0 spiro atoms. The summed E-state index contributed by atoms with van der Waals surface area (Å²) in [5.41, 5.74) is 0. The fourth-order valence-corrected chi connectivity index (χ4v) is 2.31. The average molecular weight is 228 g/mol. The zero-order valence-corrected chi connectivity index (χ0v) is 10.0. The second-order valence-electron chi connectivity index (χ2n) is 4.26. The molecule has 0 aliphatic heterocycles. The molecule has 16 heavy (non-hydrogen) atoms. The maximum atomic E-state index is 11.4. The predicted molar refractivity (Wildman–Crippen MR) is 58.7 cm³/mol. The number of carbonyl (C=O) groups is 2. The lowest BCUT2D eigenvalue weighted by atomic mass is 9.80. The quantitative estimate of drug-likeness (QED) is 0.690. The van der Waals surface area contributed by atoms with Gasteiger partial charge in [0.25, 0.3) is 0 Å². The van der Waals surface area contributed by atoms with Crippen molar-refractivity contribution in [2.75, 3.05) is 13.7 Å². The van der Waals surface area contributed by atoms with Crippen LogP contribution in [0.15, 0.2) is 0 Å². The zero-order valence-electron chi connectivity index (χ0n) is 10.0. The van der Waals surface area contributed by atoms with Crippen LogP contribution in [-0.4, -0.2) is 25.7 Å². The number of esters is 2. The van der Waals surface area contributed by atoms with Crippen LogP contribution in [0.1, 0.15) is 39.0 Å². The lowest BCUT2D eigenvalue weighted by molar-refractivity contribution is -0.149. The normalized spacial score (nSPS) is 24.9. The Hall–Kier alpha value is -1.06. The van der Waals surface area contributed by atoms with E-state index in [0.717, 1.165) is 25.7 Å². The molecule has 1 saturated carbocycles. The minimum Gasteiger partial charge on any atom is -0.469 e. The van der Waals surface area contributed by atoms with Gasteiger partial charge in [-0.3, -0.25) is 9.59 Å². The molecule has 1 fully saturated rings. The molecule has 4 nitrogen and oxygen atoms in total. The molecule has 1 aliphatic rings. The number of rotatable bonds is 4. The van der Waals surface area contributed by atoms with E-state index in [4.69, 9.17) is 9.47 Å². The molecule has 0 heterocycles. The van der Waals surface area contributed by atoms with Gasteiger partial charge in [-0.15, -0.1) is 0 Å². The summed E-state index contributed by atoms with van der Waals surface area (Å²) in [7, 11) is 1.41. The van der Waals surface area contributed by atoms with Gasteiger partial charge in [-0.05, 0) is 32.1 Å². The van der Waals surface area contributed by atoms with Crippen molar-refractivity contribution < 1.29 is 19.1 Å². The highest BCUT2D eigenvalue weighted by Gasteiger charge is 2.29. The monoisotopic (exact) mass is 228 g/mol. The Morgan fingerprint density at radius 1 is 1.31 bits per heavy atom. The number of carbonyl (C=O) groups excluding carboxylic acids is 2. The first-order valence-electron chi connectivity index (χ1n) is 5.90. The first kappa shape index (κ1) is 13.0. The number of hydrogen-bond donors (Lipinski definition) is 0. The van der Waals surface area contributed by atoms with Crippen LogP contribution in [0.2, 0.25) is 0 Å². The fraction of sp³-hybridized carbons (Fsp3) is 0.833. The molecule has 2 atom stereocenters. The second kappa shape index (κ2) is 6.51. The van der Waals surface area contributed by atoms with Crippen molar-refractivity contribution >= 4 is 11.9 Å². The van der Waals surface area contributed by atoms with E-state index in [1.807, 2.05) is 0 Å². The van der Waals surface area contributed by atoms with E-state index in [0.29, 0.717) is 13.0 Å². The van der Waals surface area contributed by atoms with E-state index in [1.165, 1.54) is 7.11 Å². The third-order valence-corrected chi connectivity index (χ3v) is 3.08. The summed E-state index contributed by atoms with van der Waals surface area (Å²) in [5.74, 6) is -0.0540. The molecule has 0 bridgehead atoms. The summed E-state index contributed by atoms with van der Waals surface area (Å²) >= 11 is 0. The lowest BCUT2D eigenvalue weighted by Gasteiger charge is -2.26. The molecule has 0 saturated heterocycles. The van der Waals surface area contributed by atoms with Crippen molar-refractivity contribution in [2.45, 2.75) is 39.0 Å². The standard InChI is InChI=1S/C12H20O4/c1-3-16-11(13)8-9-5-4-6-10(7-9)12(14)15-2/h9-10H,3-8H2,1-2H3. The highest BCUT2D eigenvalue weighted by molar-refractivity contribution is 5.73. The van der Waals surface area contributed by atoms with Crippen molar-refractivity contribution in [1.82, 2.24) is 0 Å². The Labute approximate surface area is 96.3 Å². The Balaban J connectivity index is 2.38. The Morgan fingerprint density at radius 2 is 2.06 bits per heavy atom. The van der Waals surface area contributed by atoms with E-state index in [9.17, 15) is 9.59 Å². The van der Waals surface area contributed by atoms with Gasteiger partial charge in [-0.25, -0.2) is 0 Å². The topological polar surface area (TPSA) is 52.6 Å². The van der Waals surface area contributed by atoms with E-state index in [-0.39, 0.29) is 23.8 Å². The van der Waals surface area contributed by atoms with Crippen LogP contribution in [0.3, 0.4) is 0 Å². The fourth-order valence-electron chi connectivity index (χ4n) is 2.31. The van der Waals surface area contributed by atoms with E-state index in [1.54, 1.807) is 6.92 Å². The van der Waals surface area contributed by atoms with Crippen molar-refractivity contribution in [2.24, 2.45) is 11.8 Å². The molecule has 0 amide bonds. The van der Waals surface area contributed by atoms with Gasteiger partial charge < -0.3 is 9.47 Å². The van der Waals surface area contributed by atoms with Crippen LogP contribution in [-0.2, 0) is 19.1 Å². The summed E-state index contributed by atoms with van der Waals surface area (Å²) < 4.78 is 9.65. The highest BCUT2D eigenvalue weighted by atomic mass is 16.5. The number of ether oxygens (including phenoxy) is 2. The van der Waals surface area contributed by atoms with Gasteiger partial charge in [0, 0.05) is 6.42 Å². The molecule has 1 aliphatic carbocycles. The van der Waals surface area contributed by atoms with Crippen LogP contribution < -0.4 is 0 Å². The molecule has 0 N–H and O–H groups in total. The first-order valence-corrected chi connectivity index (χ1v) is 5.90. The van der Waals surface area contributed by atoms with Crippen LogP contribution in [0.25, 0.3) is 0 Å². The first-order chi connectivity index (χ1) is 7.67.